The van der Waals surface area contributed by atoms with Gasteiger partial charge in [-0.2, -0.15) is 0 Å². The molecule has 7 nitrogen and oxygen atoms in total. The molecule has 0 aromatic heterocycles. The van der Waals surface area contributed by atoms with Crippen LogP contribution in [0.3, 0.4) is 0 Å². The van der Waals surface area contributed by atoms with Gasteiger partial charge < -0.3 is 10.1 Å². The molecule has 2 aromatic carbocycles. The number of carbonyl (C=O) groups excluding carboxylic acids is 2. The number of amides is 1. The lowest BCUT2D eigenvalue weighted by molar-refractivity contribution is -0.384. The summed E-state index contributed by atoms with van der Waals surface area (Å²) in [5.74, 6) is -1.17. The largest absolute Gasteiger partial charge is 0.452 e. The number of nitrogens with zero attached hydrogens (tertiary/aromatic N) is 1. The number of carbonyl (C=O) groups is 2. The van der Waals surface area contributed by atoms with Crippen LogP contribution in [0, 0.1) is 10.1 Å². The zero-order valence-corrected chi connectivity index (χ0v) is 13.3. The molecular weight excluding hydrogens is 368 g/mol. The van der Waals surface area contributed by atoms with E-state index in [2.05, 4.69) is 21.2 Å². The van der Waals surface area contributed by atoms with Crippen LogP contribution in [-0.2, 0) is 9.53 Å². The molecule has 1 amide bonds. The van der Waals surface area contributed by atoms with Crippen LogP contribution in [0.1, 0.15) is 10.4 Å². The average Bonchev–Trinajstić information content (AvgIpc) is 2.53. The number of anilines is 1. The highest BCUT2D eigenvalue weighted by molar-refractivity contribution is 9.10. The summed E-state index contributed by atoms with van der Waals surface area (Å²) in [7, 11) is 0. The molecule has 0 unspecified atom stereocenters. The van der Waals surface area contributed by atoms with Crippen molar-refractivity contribution in [1.29, 1.82) is 0 Å². The van der Waals surface area contributed by atoms with Gasteiger partial charge in [0, 0.05) is 22.3 Å². The minimum absolute atomic E-state index is 0.0802. The third-order valence-electron chi connectivity index (χ3n) is 2.79. The summed E-state index contributed by atoms with van der Waals surface area (Å²) < 4.78 is 5.49. The van der Waals surface area contributed by atoms with Crippen LogP contribution >= 0.6 is 15.9 Å². The van der Waals surface area contributed by atoms with Crippen LogP contribution in [0.5, 0.6) is 0 Å². The van der Waals surface area contributed by atoms with E-state index in [0.29, 0.717) is 15.7 Å². The summed E-state index contributed by atoms with van der Waals surface area (Å²) >= 11 is 3.22. The molecule has 0 aliphatic rings. The van der Waals surface area contributed by atoms with Gasteiger partial charge in [0.05, 0.1) is 10.5 Å². The van der Waals surface area contributed by atoms with Gasteiger partial charge in [-0.25, -0.2) is 4.79 Å². The standard InChI is InChI=1S/C15H11BrN2O5/c16-13-4-2-1-3-12(13)15(20)23-9-14(19)17-10-5-7-11(8-6-10)18(21)22/h1-8H,9H2,(H,17,19). The fourth-order valence-electron chi connectivity index (χ4n) is 1.70. The molecule has 2 rings (SSSR count). The number of hydrogen-bond acceptors (Lipinski definition) is 5. The highest BCUT2D eigenvalue weighted by Crippen LogP contribution is 2.17. The lowest BCUT2D eigenvalue weighted by Gasteiger charge is -2.07. The van der Waals surface area contributed by atoms with Gasteiger partial charge in [0.2, 0.25) is 0 Å². The smallest absolute Gasteiger partial charge is 0.339 e. The summed E-state index contributed by atoms with van der Waals surface area (Å²) in [6.07, 6.45) is 0. The number of rotatable bonds is 5. The van der Waals surface area contributed by atoms with E-state index < -0.39 is 23.4 Å². The molecule has 0 aliphatic carbocycles. The Morgan fingerprint density at radius 1 is 1.13 bits per heavy atom. The van der Waals surface area contributed by atoms with Crippen molar-refractivity contribution in [2.75, 3.05) is 11.9 Å². The Morgan fingerprint density at radius 3 is 2.39 bits per heavy atom. The predicted octanol–water partition coefficient (Wildman–Crippen LogP) is 3.15. The van der Waals surface area contributed by atoms with Crippen molar-refractivity contribution in [3.8, 4) is 0 Å². The van der Waals surface area contributed by atoms with Crippen molar-refractivity contribution in [3.63, 3.8) is 0 Å². The molecule has 0 saturated heterocycles. The Morgan fingerprint density at radius 2 is 1.78 bits per heavy atom. The maximum Gasteiger partial charge on any atom is 0.339 e. The summed E-state index contributed by atoms with van der Waals surface area (Å²) in [5.41, 5.74) is 0.608. The van der Waals surface area contributed by atoms with Gasteiger partial charge in [-0.1, -0.05) is 12.1 Å². The Bertz CT molecular complexity index is 746. The van der Waals surface area contributed by atoms with E-state index in [4.69, 9.17) is 4.74 Å². The minimum atomic E-state index is -0.628. The minimum Gasteiger partial charge on any atom is -0.452 e. The molecule has 1 N–H and O–H groups in total. The van der Waals surface area contributed by atoms with Crippen molar-refractivity contribution >= 4 is 39.2 Å². The number of hydrogen-bond donors (Lipinski definition) is 1. The summed E-state index contributed by atoms with van der Waals surface area (Å²) in [6, 6.07) is 12.0. The molecule has 0 radical (unpaired) electrons. The molecule has 8 heteroatoms. The van der Waals surface area contributed by atoms with E-state index >= 15 is 0 Å². The van der Waals surface area contributed by atoms with E-state index in [9.17, 15) is 19.7 Å². The van der Waals surface area contributed by atoms with Crippen molar-refractivity contribution in [1.82, 2.24) is 0 Å². The van der Waals surface area contributed by atoms with Crippen LogP contribution in [0.15, 0.2) is 53.0 Å². The van der Waals surface area contributed by atoms with Crippen LogP contribution in [0.4, 0.5) is 11.4 Å². The fraction of sp³-hybridized carbons (Fsp3) is 0.0667. The van der Waals surface area contributed by atoms with Gasteiger partial charge in [-0.05, 0) is 40.2 Å². The first-order valence-corrected chi connectivity index (χ1v) is 7.22. The molecule has 23 heavy (non-hydrogen) atoms. The summed E-state index contributed by atoms with van der Waals surface area (Å²) in [5, 5.41) is 13.0. The Labute approximate surface area is 139 Å². The topological polar surface area (TPSA) is 98.5 Å². The number of nitrogens with one attached hydrogen (secondary N) is 1. The van der Waals surface area contributed by atoms with Crippen molar-refractivity contribution in [3.05, 3.63) is 68.7 Å². The third kappa shape index (κ3) is 4.62. The molecule has 0 aliphatic heterocycles. The molecule has 0 bridgehead atoms. The molecule has 0 atom stereocenters. The first-order valence-electron chi connectivity index (χ1n) is 6.43. The molecular formula is C15H11BrN2O5. The maximum atomic E-state index is 11.8. The first-order chi connectivity index (χ1) is 11.0. The Kier molecular flexibility index (Phi) is 5.42. The van der Waals surface area contributed by atoms with Gasteiger partial charge >= 0.3 is 5.97 Å². The van der Waals surface area contributed by atoms with E-state index in [1.807, 2.05) is 0 Å². The second-order valence-electron chi connectivity index (χ2n) is 4.41. The zero-order valence-electron chi connectivity index (χ0n) is 11.7. The molecule has 0 heterocycles. The third-order valence-corrected chi connectivity index (χ3v) is 3.48. The lowest BCUT2D eigenvalue weighted by atomic mass is 10.2. The van der Waals surface area contributed by atoms with E-state index in [1.54, 1.807) is 24.3 Å². The predicted molar refractivity (Wildman–Crippen MR) is 86.2 cm³/mol. The fourth-order valence-corrected chi connectivity index (χ4v) is 2.15. The summed E-state index contributed by atoms with van der Waals surface area (Å²) in [4.78, 5) is 33.5. The number of non-ortho nitro benzene ring substituents is 1. The molecule has 0 saturated carbocycles. The first kappa shape index (κ1) is 16.6. The van der Waals surface area contributed by atoms with Crippen molar-refractivity contribution in [2.45, 2.75) is 0 Å². The van der Waals surface area contributed by atoms with Crippen molar-refractivity contribution < 1.29 is 19.2 Å². The molecule has 0 fully saturated rings. The quantitative estimate of drug-likeness (QED) is 0.489. The second kappa shape index (κ2) is 7.50. The normalized spacial score (nSPS) is 9.96. The Balaban J connectivity index is 1.89. The molecule has 118 valence electrons. The van der Waals surface area contributed by atoms with E-state index in [0.717, 1.165) is 0 Å². The van der Waals surface area contributed by atoms with Crippen LogP contribution < -0.4 is 5.32 Å². The van der Waals surface area contributed by atoms with Gasteiger partial charge in [0.15, 0.2) is 6.61 Å². The second-order valence-corrected chi connectivity index (χ2v) is 5.26. The lowest BCUT2D eigenvalue weighted by Crippen LogP contribution is -2.21. The van der Waals surface area contributed by atoms with Gasteiger partial charge in [0.1, 0.15) is 0 Å². The van der Waals surface area contributed by atoms with Gasteiger partial charge in [0.25, 0.3) is 11.6 Å². The average molecular weight is 379 g/mol. The van der Waals surface area contributed by atoms with Gasteiger partial charge in [-0.3, -0.25) is 14.9 Å². The van der Waals surface area contributed by atoms with E-state index in [1.165, 1.54) is 24.3 Å². The number of benzene rings is 2. The Hall–Kier alpha value is -2.74. The highest BCUT2D eigenvalue weighted by Gasteiger charge is 2.13. The van der Waals surface area contributed by atoms with Crippen LogP contribution in [0.25, 0.3) is 0 Å². The maximum absolute atomic E-state index is 11.8. The van der Waals surface area contributed by atoms with Crippen molar-refractivity contribution in [2.24, 2.45) is 0 Å². The number of ether oxygens (including phenoxy) is 1. The number of halogens is 1. The highest BCUT2D eigenvalue weighted by atomic mass is 79.9. The van der Waals surface area contributed by atoms with Gasteiger partial charge in [-0.15, -0.1) is 0 Å². The number of esters is 1. The van der Waals surface area contributed by atoms with Crippen LogP contribution in [-0.4, -0.2) is 23.4 Å². The number of nitro benzene ring substituents is 1. The number of nitro groups is 1. The zero-order chi connectivity index (χ0) is 16.8. The monoisotopic (exact) mass is 378 g/mol. The van der Waals surface area contributed by atoms with E-state index in [-0.39, 0.29) is 5.69 Å². The van der Waals surface area contributed by atoms with Crippen LogP contribution in [0.2, 0.25) is 0 Å². The SMILES string of the molecule is O=C(COC(=O)c1ccccc1Br)Nc1ccc([N+](=O)[O-])cc1. The molecule has 0 spiro atoms. The molecule has 2 aromatic rings. The summed E-state index contributed by atoms with van der Waals surface area (Å²) in [6.45, 7) is -0.461.